The molecule has 0 saturated heterocycles. The van der Waals surface area contributed by atoms with Crippen molar-refractivity contribution in [3.05, 3.63) is 35.6 Å². The van der Waals surface area contributed by atoms with Crippen LogP contribution in [0.1, 0.15) is 0 Å². The molecule has 3 rings (SSSR count). The molecule has 0 aliphatic rings. The van der Waals surface area contributed by atoms with Crippen LogP contribution in [0.2, 0.25) is 5.15 Å². The van der Waals surface area contributed by atoms with Crippen molar-refractivity contribution in [3.8, 4) is 5.75 Å². The summed E-state index contributed by atoms with van der Waals surface area (Å²) in [6.45, 7) is 0. The summed E-state index contributed by atoms with van der Waals surface area (Å²) in [6.07, 6.45) is 1.72. The minimum atomic E-state index is 0.271. The Balaban J connectivity index is 2.65. The molecule has 2 aromatic heterocycles. The average molecular weight is 233 g/mol. The van der Waals surface area contributed by atoms with Gasteiger partial charge in [0.15, 0.2) is 0 Å². The van der Waals surface area contributed by atoms with Crippen LogP contribution in [0.4, 0.5) is 0 Å². The van der Waals surface area contributed by atoms with Crippen LogP contribution < -0.4 is 0 Å². The maximum atomic E-state index is 9.85. The van der Waals surface area contributed by atoms with Crippen LogP contribution in [0.5, 0.6) is 5.75 Å². The maximum absolute atomic E-state index is 9.85. The zero-order valence-electron chi connectivity index (χ0n) is 8.61. The van der Waals surface area contributed by atoms with Crippen molar-refractivity contribution >= 4 is 33.4 Å². The smallest absolute Gasteiger partial charge is 0.139 e. The van der Waals surface area contributed by atoms with Gasteiger partial charge in [-0.05, 0) is 12.1 Å². The molecule has 1 N–H and O–H groups in total. The summed E-state index contributed by atoms with van der Waals surface area (Å²) in [4.78, 5) is 4.06. The molecule has 0 radical (unpaired) electrons. The van der Waals surface area contributed by atoms with Crippen molar-refractivity contribution in [2.75, 3.05) is 0 Å². The predicted molar refractivity (Wildman–Crippen MR) is 64.9 cm³/mol. The molecule has 3 aromatic rings. The molecule has 0 aliphatic carbocycles. The number of nitrogens with zero attached hydrogens (tertiary/aromatic N) is 2. The highest BCUT2D eigenvalue weighted by Crippen LogP contribution is 2.33. The number of para-hydroxylation sites is 1. The minimum absolute atomic E-state index is 0.271. The number of rotatable bonds is 0. The van der Waals surface area contributed by atoms with Gasteiger partial charge in [-0.1, -0.05) is 23.7 Å². The van der Waals surface area contributed by atoms with Gasteiger partial charge in [-0.2, -0.15) is 0 Å². The molecular weight excluding hydrogens is 224 g/mol. The lowest BCUT2D eigenvalue weighted by molar-refractivity contribution is 0.479. The van der Waals surface area contributed by atoms with Gasteiger partial charge in [-0.25, -0.2) is 4.98 Å². The van der Waals surface area contributed by atoms with Crippen LogP contribution in [0.3, 0.4) is 0 Å². The zero-order valence-corrected chi connectivity index (χ0v) is 9.36. The Morgan fingerprint density at radius 3 is 2.94 bits per heavy atom. The lowest BCUT2D eigenvalue weighted by atomic mass is 10.2. The number of pyridine rings is 1. The first kappa shape index (κ1) is 9.48. The van der Waals surface area contributed by atoms with Gasteiger partial charge in [0.2, 0.25) is 0 Å². The molecule has 0 unspecified atom stereocenters. The fraction of sp³-hybridized carbons (Fsp3) is 0.0833. The summed E-state index contributed by atoms with van der Waals surface area (Å²) in [5.74, 6) is 0.271. The van der Waals surface area contributed by atoms with Gasteiger partial charge >= 0.3 is 0 Å². The number of benzene rings is 1. The van der Waals surface area contributed by atoms with Crippen molar-refractivity contribution in [2.45, 2.75) is 0 Å². The number of fused-ring (bicyclic) bond motifs is 3. The third kappa shape index (κ3) is 1.12. The highest BCUT2D eigenvalue weighted by Gasteiger charge is 2.11. The number of hydrogen-bond acceptors (Lipinski definition) is 2. The number of aromatic hydroxyl groups is 1. The van der Waals surface area contributed by atoms with Gasteiger partial charge in [0.25, 0.3) is 0 Å². The molecule has 0 amide bonds. The van der Waals surface area contributed by atoms with E-state index in [0.717, 1.165) is 21.8 Å². The van der Waals surface area contributed by atoms with Gasteiger partial charge in [0, 0.05) is 17.8 Å². The van der Waals surface area contributed by atoms with E-state index in [1.54, 1.807) is 12.3 Å². The second kappa shape index (κ2) is 3.12. The molecule has 2 heterocycles. The van der Waals surface area contributed by atoms with Crippen molar-refractivity contribution in [1.29, 1.82) is 0 Å². The summed E-state index contributed by atoms with van der Waals surface area (Å²) in [6, 6.07) is 7.29. The van der Waals surface area contributed by atoms with Crippen LogP contribution in [0.25, 0.3) is 21.8 Å². The van der Waals surface area contributed by atoms with E-state index in [0.29, 0.717) is 5.15 Å². The Kier molecular flexibility index (Phi) is 1.85. The zero-order chi connectivity index (χ0) is 11.3. The molecule has 4 heteroatoms. The van der Waals surface area contributed by atoms with Crippen molar-refractivity contribution in [2.24, 2.45) is 7.05 Å². The van der Waals surface area contributed by atoms with Crippen LogP contribution in [0.15, 0.2) is 30.5 Å². The summed E-state index contributed by atoms with van der Waals surface area (Å²) in [5, 5.41) is 12.3. The maximum Gasteiger partial charge on any atom is 0.139 e. The highest BCUT2D eigenvalue weighted by molar-refractivity contribution is 6.30. The SMILES string of the molecule is Cn1c2cnc(Cl)cc2c2cccc(O)c21. The number of hydrogen-bond donors (Lipinski definition) is 1. The lowest BCUT2D eigenvalue weighted by Crippen LogP contribution is -1.87. The standard InChI is InChI=1S/C12H9ClN2O/c1-15-9-6-14-11(13)5-8(9)7-3-2-4-10(16)12(7)15/h2-6,16H,1H3. The molecule has 0 bridgehead atoms. The third-order valence-corrected chi connectivity index (χ3v) is 3.06. The third-order valence-electron chi connectivity index (χ3n) is 2.85. The topological polar surface area (TPSA) is 38.0 Å². The van der Waals surface area contributed by atoms with Gasteiger partial charge < -0.3 is 9.67 Å². The van der Waals surface area contributed by atoms with Gasteiger partial charge in [-0.3, -0.25) is 0 Å². The van der Waals surface area contributed by atoms with Gasteiger partial charge in [-0.15, -0.1) is 0 Å². The normalized spacial score (nSPS) is 11.4. The van der Waals surface area contributed by atoms with E-state index in [1.807, 2.05) is 29.8 Å². The molecule has 0 atom stereocenters. The first-order valence-corrected chi connectivity index (χ1v) is 5.28. The van der Waals surface area contributed by atoms with E-state index in [4.69, 9.17) is 11.6 Å². The summed E-state index contributed by atoms with van der Waals surface area (Å²) in [7, 11) is 1.90. The number of aromatic nitrogens is 2. The van der Waals surface area contributed by atoms with Crippen molar-refractivity contribution in [3.63, 3.8) is 0 Å². The largest absolute Gasteiger partial charge is 0.506 e. The van der Waals surface area contributed by atoms with E-state index in [1.165, 1.54) is 0 Å². The second-order valence-corrected chi connectivity index (χ2v) is 4.14. The second-order valence-electron chi connectivity index (χ2n) is 3.76. The van der Waals surface area contributed by atoms with Crippen molar-refractivity contribution in [1.82, 2.24) is 9.55 Å². The van der Waals surface area contributed by atoms with E-state index in [9.17, 15) is 5.11 Å². The van der Waals surface area contributed by atoms with Crippen molar-refractivity contribution < 1.29 is 5.11 Å². The average Bonchev–Trinajstić information content (AvgIpc) is 2.54. The monoisotopic (exact) mass is 232 g/mol. The predicted octanol–water partition coefficient (Wildman–Crippen LogP) is 3.09. The molecule has 0 spiro atoms. The first-order valence-electron chi connectivity index (χ1n) is 4.90. The van der Waals surface area contributed by atoms with E-state index >= 15 is 0 Å². The number of phenols is 1. The quantitative estimate of drug-likeness (QED) is 0.605. The Bertz CT molecular complexity index is 703. The Morgan fingerprint density at radius 2 is 2.12 bits per heavy atom. The van der Waals surface area contributed by atoms with Gasteiger partial charge in [0.05, 0.1) is 17.2 Å². The number of phenolic OH excluding ortho intramolecular Hbond substituents is 1. The van der Waals surface area contributed by atoms with Crippen LogP contribution in [-0.2, 0) is 7.05 Å². The minimum Gasteiger partial charge on any atom is -0.506 e. The number of halogens is 1. The number of aryl methyl sites for hydroxylation is 1. The van der Waals surface area contributed by atoms with Crippen LogP contribution >= 0.6 is 11.6 Å². The van der Waals surface area contributed by atoms with E-state index in [-0.39, 0.29) is 5.75 Å². The fourth-order valence-corrected chi connectivity index (χ4v) is 2.29. The molecule has 1 aromatic carbocycles. The first-order chi connectivity index (χ1) is 7.68. The molecule has 3 nitrogen and oxygen atoms in total. The molecule has 0 aliphatic heterocycles. The molecule has 0 fully saturated rings. The summed E-state index contributed by atoms with van der Waals surface area (Å²) >= 11 is 5.89. The molecular formula is C12H9ClN2O. The Labute approximate surface area is 96.9 Å². The molecule has 0 saturated carbocycles. The fourth-order valence-electron chi connectivity index (χ4n) is 2.13. The van der Waals surface area contributed by atoms with Crippen LogP contribution in [-0.4, -0.2) is 14.7 Å². The molecule has 80 valence electrons. The summed E-state index contributed by atoms with van der Waals surface area (Å²) < 4.78 is 1.92. The van der Waals surface area contributed by atoms with Gasteiger partial charge in [0.1, 0.15) is 10.9 Å². The Morgan fingerprint density at radius 1 is 1.31 bits per heavy atom. The summed E-state index contributed by atoms with van der Waals surface area (Å²) in [5.41, 5.74) is 1.77. The van der Waals surface area contributed by atoms with Crippen LogP contribution in [0, 0.1) is 0 Å². The lowest BCUT2D eigenvalue weighted by Gasteiger charge is -1.99. The highest BCUT2D eigenvalue weighted by atomic mass is 35.5. The molecule has 16 heavy (non-hydrogen) atoms. The van der Waals surface area contributed by atoms with E-state index < -0.39 is 0 Å². The Hall–Kier alpha value is -1.74. The van der Waals surface area contributed by atoms with E-state index in [2.05, 4.69) is 4.98 Å².